The normalized spacial score (nSPS) is 43.8. The van der Waals surface area contributed by atoms with Gasteiger partial charge in [-0.1, -0.05) is 12.1 Å². The standard InChI is InChI=1S/C26H37NO4/c1-24(2,16-27)28-23-5-3-19(4-6-23)20-7-9-25(10-8-20)29-26(31-30-25)21-12-17-11-18(14-21)15-22(26)13-17/h3-6,17-18,20-22H,7-16,27H2,1-2H3. The Morgan fingerprint density at radius 3 is 2.13 bits per heavy atom. The lowest BCUT2D eigenvalue weighted by Crippen LogP contribution is -2.59. The summed E-state index contributed by atoms with van der Waals surface area (Å²) in [5.74, 6) is 3.30. The van der Waals surface area contributed by atoms with Gasteiger partial charge in [0.2, 0.25) is 11.6 Å². The van der Waals surface area contributed by atoms with Crippen molar-refractivity contribution in [2.24, 2.45) is 29.4 Å². The van der Waals surface area contributed by atoms with Crippen molar-refractivity contribution in [1.82, 2.24) is 0 Å². The molecule has 31 heavy (non-hydrogen) atoms. The topological polar surface area (TPSA) is 62.9 Å². The van der Waals surface area contributed by atoms with E-state index in [1.165, 1.54) is 37.7 Å². The molecule has 5 saturated carbocycles. The maximum Gasteiger partial charge on any atom is 0.210 e. The Morgan fingerprint density at radius 1 is 0.935 bits per heavy atom. The SMILES string of the molecule is CC(C)(CN)Oc1ccc(C2CCC3(CC2)OOC2(O3)C3CC4CC(C3)CC2C4)cc1. The third kappa shape index (κ3) is 3.43. The summed E-state index contributed by atoms with van der Waals surface area (Å²) in [5, 5.41) is 0. The molecule has 7 rings (SSSR count). The van der Waals surface area contributed by atoms with Gasteiger partial charge < -0.3 is 15.2 Å². The third-order valence-corrected chi connectivity index (χ3v) is 8.93. The second kappa shape index (κ2) is 7.18. The van der Waals surface area contributed by atoms with E-state index in [-0.39, 0.29) is 5.60 Å². The first-order chi connectivity index (χ1) is 14.9. The minimum atomic E-state index is -0.528. The summed E-state index contributed by atoms with van der Waals surface area (Å²) in [7, 11) is 0. The van der Waals surface area contributed by atoms with Gasteiger partial charge in [-0.3, -0.25) is 0 Å². The second-order valence-corrected chi connectivity index (χ2v) is 11.6. The summed E-state index contributed by atoms with van der Waals surface area (Å²) in [4.78, 5) is 12.3. The Morgan fingerprint density at radius 2 is 1.55 bits per heavy atom. The van der Waals surface area contributed by atoms with Gasteiger partial charge in [0.1, 0.15) is 11.4 Å². The maximum atomic E-state index is 6.85. The summed E-state index contributed by atoms with van der Waals surface area (Å²) < 4.78 is 12.8. The molecule has 1 heterocycles. The van der Waals surface area contributed by atoms with E-state index < -0.39 is 11.6 Å². The largest absolute Gasteiger partial charge is 0.487 e. The van der Waals surface area contributed by atoms with Gasteiger partial charge in [-0.15, -0.1) is 0 Å². The van der Waals surface area contributed by atoms with Gasteiger partial charge in [0.05, 0.1) is 0 Å². The molecule has 5 aliphatic carbocycles. The molecule has 0 radical (unpaired) electrons. The van der Waals surface area contributed by atoms with Gasteiger partial charge in [-0.2, -0.15) is 9.78 Å². The predicted octanol–water partition coefficient (Wildman–Crippen LogP) is 5.29. The van der Waals surface area contributed by atoms with Gasteiger partial charge in [-0.25, -0.2) is 0 Å². The van der Waals surface area contributed by atoms with E-state index >= 15 is 0 Å². The van der Waals surface area contributed by atoms with Crippen LogP contribution in [-0.2, 0) is 14.5 Å². The van der Waals surface area contributed by atoms with Crippen molar-refractivity contribution in [1.29, 1.82) is 0 Å². The zero-order valence-corrected chi connectivity index (χ0v) is 19.0. The number of ether oxygens (including phenoxy) is 2. The summed E-state index contributed by atoms with van der Waals surface area (Å²) in [6.07, 6.45) is 10.4. The van der Waals surface area contributed by atoms with E-state index in [2.05, 4.69) is 24.3 Å². The minimum absolute atomic E-state index is 0.343. The number of hydrogen-bond donors (Lipinski definition) is 1. The van der Waals surface area contributed by atoms with Crippen LogP contribution in [0.5, 0.6) is 5.75 Å². The van der Waals surface area contributed by atoms with Crippen LogP contribution in [0.25, 0.3) is 0 Å². The Bertz CT molecular complexity index is 783. The van der Waals surface area contributed by atoms with Crippen LogP contribution in [0.15, 0.2) is 24.3 Å². The van der Waals surface area contributed by atoms with Crippen molar-refractivity contribution >= 4 is 0 Å². The first-order valence-corrected chi connectivity index (χ1v) is 12.4. The fraction of sp³-hybridized carbons (Fsp3) is 0.769. The molecule has 0 aromatic heterocycles. The quantitative estimate of drug-likeness (QED) is 0.662. The molecule has 1 aliphatic heterocycles. The van der Waals surface area contributed by atoms with Crippen LogP contribution in [0.1, 0.15) is 83.1 Å². The van der Waals surface area contributed by atoms with E-state index in [0.717, 1.165) is 43.3 Å². The predicted molar refractivity (Wildman–Crippen MR) is 117 cm³/mol. The molecule has 170 valence electrons. The van der Waals surface area contributed by atoms with Crippen molar-refractivity contribution in [2.75, 3.05) is 6.54 Å². The fourth-order valence-electron chi connectivity index (χ4n) is 7.35. The minimum Gasteiger partial charge on any atom is -0.487 e. The highest BCUT2D eigenvalue weighted by atomic mass is 17.3. The molecule has 1 aromatic carbocycles. The lowest BCUT2D eigenvalue weighted by molar-refractivity contribution is -0.390. The summed E-state index contributed by atoms with van der Waals surface area (Å²) in [5.41, 5.74) is 6.82. The molecular weight excluding hydrogens is 390 g/mol. The van der Waals surface area contributed by atoms with Gasteiger partial charge in [0.25, 0.3) is 0 Å². The van der Waals surface area contributed by atoms with Crippen molar-refractivity contribution in [3.8, 4) is 5.75 Å². The van der Waals surface area contributed by atoms with E-state index in [9.17, 15) is 0 Å². The number of nitrogens with two attached hydrogens (primary N) is 1. The molecule has 6 aliphatic rings. The van der Waals surface area contributed by atoms with Crippen LogP contribution < -0.4 is 10.5 Å². The average Bonchev–Trinajstić information content (AvgIpc) is 3.13. The monoisotopic (exact) mass is 427 g/mol. The molecule has 0 amide bonds. The molecule has 2 spiro atoms. The summed E-state index contributed by atoms with van der Waals surface area (Å²) in [6, 6.07) is 8.56. The smallest absolute Gasteiger partial charge is 0.210 e. The van der Waals surface area contributed by atoms with E-state index in [0.29, 0.717) is 24.3 Å². The average molecular weight is 428 g/mol. The van der Waals surface area contributed by atoms with Crippen LogP contribution in [0, 0.1) is 23.7 Å². The molecule has 2 N–H and O–H groups in total. The number of hydrogen-bond acceptors (Lipinski definition) is 5. The van der Waals surface area contributed by atoms with Crippen LogP contribution >= 0.6 is 0 Å². The first kappa shape index (κ1) is 20.5. The van der Waals surface area contributed by atoms with Crippen LogP contribution in [-0.4, -0.2) is 23.7 Å². The Hall–Kier alpha value is -1.14. The molecule has 5 heteroatoms. The molecule has 4 bridgehead atoms. The lowest BCUT2D eigenvalue weighted by atomic mass is 9.53. The Kier molecular flexibility index (Phi) is 4.74. The lowest BCUT2D eigenvalue weighted by Gasteiger charge is -2.57. The highest BCUT2D eigenvalue weighted by molar-refractivity contribution is 5.30. The Balaban J connectivity index is 1.10. The van der Waals surface area contributed by atoms with Crippen LogP contribution in [0.4, 0.5) is 0 Å². The van der Waals surface area contributed by atoms with Crippen molar-refractivity contribution in [3.05, 3.63) is 29.8 Å². The zero-order chi connectivity index (χ0) is 21.3. The van der Waals surface area contributed by atoms with Gasteiger partial charge in [-0.05, 0) is 94.2 Å². The number of benzene rings is 1. The third-order valence-electron chi connectivity index (χ3n) is 8.93. The molecule has 5 nitrogen and oxygen atoms in total. The second-order valence-electron chi connectivity index (χ2n) is 11.6. The van der Waals surface area contributed by atoms with Gasteiger partial charge in [0.15, 0.2) is 0 Å². The van der Waals surface area contributed by atoms with Crippen LogP contribution in [0.2, 0.25) is 0 Å². The van der Waals surface area contributed by atoms with E-state index in [4.69, 9.17) is 25.0 Å². The number of rotatable bonds is 4. The summed E-state index contributed by atoms with van der Waals surface area (Å²) in [6.45, 7) is 4.52. The highest BCUT2D eigenvalue weighted by Crippen LogP contribution is 2.64. The fourth-order valence-corrected chi connectivity index (χ4v) is 7.35. The van der Waals surface area contributed by atoms with E-state index in [1.807, 2.05) is 13.8 Å². The first-order valence-electron chi connectivity index (χ1n) is 12.4. The molecule has 1 saturated heterocycles. The van der Waals surface area contributed by atoms with Crippen molar-refractivity contribution in [3.63, 3.8) is 0 Å². The molecule has 1 aromatic rings. The molecular formula is C26H37NO4. The molecule has 0 atom stereocenters. The maximum absolute atomic E-state index is 6.85. The molecule has 6 fully saturated rings. The molecule has 0 unspecified atom stereocenters. The van der Waals surface area contributed by atoms with Crippen molar-refractivity contribution in [2.45, 2.75) is 94.7 Å². The van der Waals surface area contributed by atoms with Gasteiger partial charge >= 0.3 is 0 Å². The van der Waals surface area contributed by atoms with Crippen molar-refractivity contribution < 1.29 is 19.2 Å². The zero-order valence-electron chi connectivity index (χ0n) is 19.0. The van der Waals surface area contributed by atoms with E-state index in [1.54, 1.807) is 0 Å². The van der Waals surface area contributed by atoms with Crippen LogP contribution in [0.3, 0.4) is 0 Å². The Labute approximate surface area is 185 Å². The summed E-state index contributed by atoms with van der Waals surface area (Å²) >= 11 is 0. The van der Waals surface area contributed by atoms with Gasteiger partial charge in [0, 0.05) is 31.2 Å². The highest BCUT2D eigenvalue weighted by Gasteiger charge is 2.66.